The lowest BCUT2D eigenvalue weighted by atomic mass is 10.2. The number of esters is 1. The fourth-order valence-electron chi connectivity index (χ4n) is 1.22. The van der Waals surface area contributed by atoms with Crippen LogP contribution in [0.5, 0.6) is 5.75 Å². The van der Waals surface area contributed by atoms with Crippen LogP contribution >= 0.6 is 0 Å². The van der Waals surface area contributed by atoms with Crippen molar-refractivity contribution in [2.75, 3.05) is 25.6 Å². The lowest BCUT2D eigenvalue weighted by molar-refractivity contribution is -0.138. The molecule has 0 unspecified atom stereocenters. The third-order valence-electron chi connectivity index (χ3n) is 2.16. The first-order valence-electron chi connectivity index (χ1n) is 5.40. The van der Waals surface area contributed by atoms with Gasteiger partial charge in [-0.3, -0.25) is 0 Å². The zero-order chi connectivity index (χ0) is 12.7. The summed E-state index contributed by atoms with van der Waals surface area (Å²) in [5.41, 5.74) is 1.30. The van der Waals surface area contributed by atoms with Gasteiger partial charge in [0.05, 0.1) is 13.7 Å². The molecule has 4 nitrogen and oxygen atoms in total. The van der Waals surface area contributed by atoms with Crippen molar-refractivity contribution in [1.82, 2.24) is 0 Å². The molecule has 0 saturated heterocycles. The van der Waals surface area contributed by atoms with Gasteiger partial charge in [-0.15, -0.1) is 0 Å². The molecule has 1 aromatic rings. The number of ether oxygens (including phenoxy) is 2. The van der Waals surface area contributed by atoms with E-state index in [2.05, 4.69) is 11.9 Å². The summed E-state index contributed by atoms with van der Waals surface area (Å²) in [6.07, 6.45) is 0. The number of carbonyl (C=O) groups excluding carboxylic acids is 1. The van der Waals surface area contributed by atoms with Crippen LogP contribution in [-0.4, -0.2) is 26.2 Å². The molecule has 92 valence electrons. The number of hydrogen-bond donors (Lipinski definition) is 1. The Morgan fingerprint density at radius 1 is 1.35 bits per heavy atom. The summed E-state index contributed by atoms with van der Waals surface area (Å²) in [6, 6.07) is 7.43. The number of anilines is 1. The van der Waals surface area contributed by atoms with E-state index in [0.29, 0.717) is 18.7 Å². The molecular formula is C13H17NO3. The number of methoxy groups -OCH3 is 1. The Labute approximate surface area is 101 Å². The Hall–Kier alpha value is -1.97. The highest BCUT2D eigenvalue weighted by Crippen LogP contribution is 2.15. The van der Waals surface area contributed by atoms with Gasteiger partial charge < -0.3 is 14.8 Å². The van der Waals surface area contributed by atoms with Crippen LogP contribution in [-0.2, 0) is 9.53 Å². The van der Waals surface area contributed by atoms with E-state index in [1.165, 1.54) is 0 Å². The van der Waals surface area contributed by atoms with Crippen molar-refractivity contribution in [2.45, 2.75) is 6.92 Å². The minimum atomic E-state index is -0.367. The van der Waals surface area contributed by atoms with Gasteiger partial charge in [0.25, 0.3) is 0 Å². The molecule has 0 fully saturated rings. The molecule has 17 heavy (non-hydrogen) atoms. The van der Waals surface area contributed by atoms with Gasteiger partial charge in [-0.05, 0) is 31.2 Å². The molecule has 0 aliphatic heterocycles. The van der Waals surface area contributed by atoms with Gasteiger partial charge in [-0.2, -0.15) is 0 Å². The molecule has 0 amide bonds. The van der Waals surface area contributed by atoms with Crippen LogP contribution < -0.4 is 10.1 Å². The smallest absolute Gasteiger partial charge is 0.335 e. The summed E-state index contributed by atoms with van der Waals surface area (Å²) in [7, 11) is 1.62. The Morgan fingerprint density at radius 2 is 2.00 bits per heavy atom. The second-order valence-electron chi connectivity index (χ2n) is 3.41. The molecule has 0 aliphatic rings. The molecule has 0 saturated carbocycles. The maximum Gasteiger partial charge on any atom is 0.335 e. The number of rotatable bonds is 6. The van der Waals surface area contributed by atoms with Gasteiger partial charge in [-0.25, -0.2) is 4.79 Å². The predicted molar refractivity (Wildman–Crippen MR) is 67.3 cm³/mol. The molecule has 0 spiro atoms. The highest BCUT2D eigenvalue weighted by Gasteiger charge is 2.06. The highest BCUT2D eigenvalue weighted by molar-refractivity contribution is 5.88. The summed E-state index contributed by atoms with van der Waals surface area (Å²) >= 11 is 0. The Morgan fingerprint density at radius 3 is 2.53 bits per heavy atom. The van der Waals surface area contributed by atoms with E-state index in [0.717, 1.165) is 11.4 Å². The van der Waals surface area contributed by atoms with Gasteiger partial charge in [0.1, 0.15) is 5.75 Å². The van der Waals surface area contributed by atoms with Crippen LogP contribution in [0.3, 0.4) is 0 Å². The minimum Gasteiger partial charge on any atom is -0.497 e. The average Bonchev–Trinajstić information content (AvgIpc) is 2.36. The summed E-state index contributed by atoms with van der Waals surface area (Å²) in [6.45, 7) is 6.15. The summed E-state index contributed by atoms with van der Waals surface area (Å²) in [4.78, 5) is 11.3. The monoisotopic (exact) mass is 235 g/mol. The van der Waals surface area contributed by atoms with Gasteiger partial charge in [0, 0.05) is 17.8 Å². The standard InChI is InChI=1S/C13H17NO3/c1-4-17-13(15)10(2)9-14-11-5-7-12(16-3)8-6-11/h5-8,14H,2,4,9H2,1,3H3. The van der Waals surface area contributed by atoms with Crippen LogP contribution in [0.2, 0.25) is 0 Å². The van der Waals surface area contributed by atoms with Crippen molar-refractivity contribution in [3.05, 3.63) is 36.4 Å². The average molecular weight is 235 g/mol. The molecule has 1 N–H and O–H groups in total. The van der Waals surface area contributed by atoms with Crippen LogP contribution in [0.1, 0.15) is 6.92 Å². The maximum atomic E-state index is 11.3. The van der Waals surface area contributed by atoms with Crippen LogP contribution in [0, 0.1) is 0 Å². The predicted octanol–water partition coefficient (Wildman–Crippen LogP) is 2.23. The van der Waals surface area contributed by atoms with E-state index in [9.17, 15) is 4.79 Å². The van der Waals surface area contributed by atoms with E-state index in [1.54, 1.807) is 14.0 Å². The van der Waals surface area contributed by atoms with Gasteiger partial charge in [-0.1, -0.05) is 6.58 Å². The van der Waals surface area contributed by atoms with Crippen LogP contribution in [0.15, 0.2) is 36.4 Å². The van der Waals surface area contributed by atoms with E-state index in [1.807, 2.05) is 24.3 Å². The minimum absolute atomic E-state index is 0.361. The molecule has 0 heterocycles. The molecule has 1 aromatic carbocycles. The van der Waals surface area contributed by atoms with Crippen molar-refractivity contribution in [3.63, 3.8) is 0 Å². The molecule has 0 atom stereocenters. The molecule has 4 heteroatoms. The zero-order valence-electron chi connectivity index (χ0n) is 10.2. The Bertz CT molecular complexity index is 384. The summed E-state index contributed by atoms with van der Waals surface area (Å²) in [5, 5.41) is 3.08. The van der Waals surface area contributed by atoms with Crippen molar-refractivity contribution in [1.29, 1.82) is 0 Å². The van der Waals surface area contributed by atoms with Crippen molar-refractivity contribution < 1.29 is 14.3 Å². The van der Waals surface area contributed by atoms with Crippen LogP contribution in [0.4, 0.5) is 5.69 Å². The lowest BCUT2D eigenvalue weighted by Gasteiger charge is -2.08. The third kappa shape index (κ3) is 4.18. The number of carbonyl (C=O) groups is 1. The van der Waals surface area contributed by atoms with E-state index >= 15 is 0 Å². The van der Waals surface area contributed by atoms with Gasteiger partial charge in [0.2, 0.25) is 0 Å². The van der Waals surface area contributed by atoms with E-state index in [-0.39, 0.29) is 5.97 Å². The van der Waals surface area contributed by atoms with E-state index < -0.39 is 0 Å². The first-order chi connectivity index (χ1) is 8.17. The quantitative estimate of drug-likeness (QED) is 0.606. The normalized spacial score (nSPS) is 9.53. The lowest BCUT2D eigenvalue weighted by Crippen LogP contribution is -2.14. The molecule has 0 bridgehead atoms. The largest absolute Gasteiger partial charge is 0.497 e. The molecule has 1 rings (SSSR count). The fraction of sp³-hybridized carbons (Fsp3) is 0.308. The molecule has 0 aliphatic carbocycles. The first kappa shape index (κ1) is 13.1. The second kappa shape index (κ2) is 6.58. The second-order valence-corrected chi connectivity index (χ2v) is 3.41. The number of nitrogens with one attached hydrogen (secondary N) is 1. The van der Waals surface area contributed by atoms with Gasteiger partial charge >= 0.3 is 5.97 Å². The van der Waals surface area contributed by atoms with Crippen molar-refractivity contribution >= 4 is 11.7 Å². The highest BCUT2D eigenvalue weighted by atomic mass is 16.5. The first-order valence-corrected chi connectivity index (χ1v) is 5.40. The van der Waals surface area contributed by atoms with Crippen molar-refractivity contribution in [3.8, 4) is 5.75 Å². The van der Waals surface area contributed by atoms with Crippen LogP contribution in [0.25, 0.3) is 0 Å². The zero-order valence-corrected chi connectivity index (χ0v) is 10.2. The Balaban J connectivity index is 2.44. The molecule has 0 radical (unpaired) electrons. The third-order valence-corrected chi connectivity index (χ3v) is 2.16. The van der Waals surface area contributed by atoms with Gasteiger partial charge in [0.15, 0.2) is 0 Å². The van der Waals surface area contributed by atoms with E-state index in [4.69, 9.17) is 9.47 Å². The summed E-state index contributed by atoms with van der Waals surface area (Å²) in [5.74, 6) is 0.424. The fourth-order valence-corrected chi connectivity index (χ4v) is 1.22. The SMILES string of the molecule is C=C(CNc1ccc(OC)cc1)C(=O)OCC. The molecular weight excluding hydrogens is 218 g/mol. The summed E-state index contributed by atoms with van der Waals surface area (Å²) < 4.78 is 9.88. The molecule has 0 aromatic heterocycles. The Kier molecular flexibility index (Phi) is 5.07. The number of benzene rings is 1. The van der Waals surface area contributed by atoms with Crippen molar-refractivity contribution in [2.24, 2.45) is 0 Å². The maximum absolute atomic E-state index is 11.3. The topological polar surface area (TPSA) is 47.6 Å². The number of hydrogen-bond acceptors (Lipinski definition) is 4.